The summed E-state index contributed by atoms with van der Waals surface area (Å²) in [5.74, 6) is 0.381. The van der Waals surface area contributed by atoms with E-state index in [1.807, 2.05) is 49.4 Å². The van der Waals surface area contributed by atoms with Gasteiger partial charge < -0.3 is 14.5 Å². The van der Waals surface area contributed by atoms with Crippen LogP contribution in [-0.4, -0.2) is 17.8 Å². The lowest BCUT2D eigenvalue weighted by atomic mass is 10.0. The molecule has 5 nitrogen and oxygen atoms in total. The normalized spacial score (nSPS) is 12.0. The van der Waals surface area contributed by atoms with Crippen LogP contribution in [0.3, 0.4) is 0 Å². The molecule has 1 heterocycles. The molecule has 0 aliphatic heterocycles. The van der Waals surface area contributed by atoms with Crippen LogP contribution in [0.15, 0.2) is 77.2 Å². The van der Waals surface area contributed by atoms with Crippen LogP contribution >= 0.6 is 0 Å². The Bertz CT molecular complexity index is 1300. The van der Waals surface area contributed by atoms with Crippen molar-refractivity contribution in [3.05, 3.63) is 95.2 Å². The SMILES string of the molecule is Cc1ccc(C(C)C)c(O[C@H](C)C(=O)Nc2c(C(=O)c3ccccc3)oc3ccccc23)c1. The second-order valence-electron chi connectivity index (χ2n) is 8.44. The highest BCUT2D eigenvalue weighted by atomic mass is 16.5. The lowest BCUT2D eigenvalue weighted by Crippen LogP contribution is -2.31. The van der Waals surface area contributed by atoms with Gasteiger partial charge in [-0.15, -0.1) is 0 Å². The molecule has 0 fully saturated rings. The standard InChI is InChI=1S/C28H27NO4/c1-17(2)21-15-14-18(3)16-24(21)32-19(4)28(31)29-25-22-12-8-9-13-23(22)33-27(25)26(30)20-10-6-5-7-11-20/h5-17,19H,1-4H3,(H,29,31)/t19-/m1/s1. The molecule has 168 valence electrons. The van der Waals surface area contributed by atoms with Gasteiger partial charge in [-0.3, -0.25) is 9.59 Å². The molecule has 0 aliphatic rings. The Balaban J connectivity index is 1.64. The third-order valence-electron chi connectivity index (χ3n) is 5.55. The van der Waals surface area contributed by atoms with Gasteiger partial charge in [-0.05, 0) is 49.1 Å². The molecule has 0 saturated heterocycles. The van der Waals surface area contributed by atoms with Crippen molar-refractivity contribution < 1.29 is 18.7 Å². The van der Waals surface area contributed by atoms with E-state index >= 15 is 0 Å². The number of benzene rings is 3. The molecule has 1 atom stereocenters. The maximum Gasteiger partial charge on any atom is 0.265 e. The number of hydrogen-bond donors (Lipinski definition) is 1. The third kappa shape index (κ3) is 4.67. The molecule has 0 saturated carbocycles. The fourth-order valence-electron chi connectivity index (χ4n) is 3.74. The number of carbonyl (C=O) groups is 2. The molecule has 0 aliphatic carbocycles. The van der Waals surface area contributed by atoms with E-state index in [0.29, 0.717) is 28.0 Å². The first kappa shape index (κ1) is 22.3. The van der Waals surface area contributed by atoms with E-state index in [0.717, 1.165) is 11.1 Å². The molecule has 1 amide bonds. The van der Waals surface area contributed by atoms with E-state index in [4.69, 9.17) is 9.15 Å². The molecule has 4 aromatic rings. The average Bonchev–Trinajstić information content (AvgIpc) is 3.17. The minimum absolute atomic E-state index is 0.0985. The largest absolute Gasteiger partial charge is 0.481 e. The highest BCUT2D eigenvalue weighted by Gasteiger charge is 2.26. The second-order valence-corrected chi connectivity index (χ2v) is 8.44. The second kappa shape index (κ2) is 9.33. The van der Waals surface area contributed by atoms with E-state index in [2.05, 4.69) is 19.2 Å². The maximum absolute atomic E-state index is 13.2. The topological polar surface area (TPSA) is 68.5 Å². The van der Waals surface area contributed by atoms with Crippen molar-refractivity contribution in [3.63, 3.8) is 0 Å². The Hall–Kier alpha value is -3.86. The van der Waals surface area contributed by atoms with Crippen LogP contribution < -0.4 is 10.1 Å². The van der Waals surface area contributed by atoms with Crippen molar-refractivity contribution in [2.45, 2.75) is 39.7 Å². The lowest BCUT2D eigenvalue weighted by Gasteiger charge is -2.19. The number of ketones is 1. The number of carbonyl (C=O) groups excluding carboxylic acids is 2. The maximum atomic E-state index is 13.2. The summed E-state index contributed by atoms with van der Waals surface area (Å²) in [4.78, 5) is 26.3. The smallest absolute Gasteiger partial charge is 0.265 e. The molecular weight excluding hydrogens is 414 g/mol. The molecule has 0 unspecified atom stereocenters. The summed E-state index contributed by atoms with van der Waals surface area (Å²) in [6.07, 6.45) is -0.780. The Labute approximate surface area is 193 Å². The minimum Gasteiger partial charge on any atom is -0.481 e. The van der Waals surface area contributed by atoms with Crippen LogP contribution in [-0.2, 0) is 4.79 Å². The average molecular weight is 442 g/mol. The number of rotatable bonds is 7. The molecule has 0 spiro atoms. The van der Waals surface area contributed by atoms with Gasteiger partial charge in [-0.2, -0.15) is 0 Å². The number of hydrogen-bond acceptors (Lipinski definition) is 4. The number of nitrogens with one attached hydrogen (secondary N) is 1. The molecule has 4 rings (SSSR count). The molecule has 1 aromatic heterocycles. The van der Waals surface area contributed by atoms with Crippen LogP contribution in [0, 0.1) is 6.92 Å². The zero-order chi connectivity index (χ0) is 23.5. The lowest BCUT2D eigenvalue weighted by molar-refractivity contribution is -0.122. The van der Waals surface area contributed by atoms with Gasteiger partial charge in [-0.25, -0.2) is 0 Å². The van der Waals surface area contributed by atoms with Gasteiger partial charge in [0.2, 0.25) is 5.78 Å². The number of anilines is 1. The predicted molar refractivity (Wildman–Crippen MR) is 130 cm³/mol. The van der Waals surface area contributed by atoms with E-state index < -0.39 is 6.10 Å². The molecule has 0 radical (unpaired) electrons. The first-order valence-electron chi connectivity index (χ1n) is 11.0. The third-order valence-corrected chi connectivity index (χ3v) is 5.55. The van der Waals surface area contributed by atoms with Crippen molar-refractivity contribution in [1.29, 1.82) is 0 Å². The van der Waals surface area contributed by atoms with Crippen molar-refractivity contribution in [2.75, 3.05) is 5.32 Å². The van der Waals surface area contributed by atoms with Gasteiger partial charge in [0.05, 0.1) is 5.69 Å². The number of para-hydroxylation sites is 1. The van der Waals surface area contributed by atoms with E-state index in [9.17, 15) is 9.59 Å². The van der Waals surface area contributed by atoms with Crippen LogP contribution in [0.5, 0.6) is 5.75 Å². The summed E-state index contributed by atoms with van der Waals surface area (Å²) in [5.41, 5.74) is 3.46. The van der Waals surface area contributed by atoms with Gasteiger partial charge in [0, 0.05) is 10.9 Å². The zero-order valence-electron chi connectivity index (χ0n) is 19.2. The number of aryl methyl sites for hydroxylation is 1. The van der Waals surface area contributed by atoms with Crippen LogP contribution in [0.25, 0.3) is 11.0 Å². The van der Waals surface area contributed by atoms with Crippen LogP contribution in [0.2, 0.25) is 0 Å². The Morgan fingerprint density at radius 2 is 1.61 bits per heavy atom. The summed E-state index contributed by atoms with van der Waals surface area (Å²) in [6.45, 7) is 7.85. The number of furan rings is 1. The first-order chi connectivity index (χ1) is 15.8. The molecule has 3 aromatic carbocycles. The van der Waals surface area contributed by atoms with Gasteiger partial charge in [0.1, 0.15) is 11.3 Å². The summed E-state index contributed by atoms with van der Waals surface area (Å²) >= 11 is 0. The predicted octanol–water partition coefficient (Wildman–Crippen LogP) is 6.50. The van der Waals surface area contributed by atoms with Crippen molar-refractivity contribution in [3.8, 4) is 5.75 Å². The molecule has 0 bridgehead atoms. The fraction of sp³-hybridized carbons (Fsp3) is 0.214. The summed E-state index contributed by atoms with van der Waals surface area (Å²) < 4.78 is 11.9. The Kier molecular flexibility index (Phi) is 6.31. The molecule has 33 heavy (non-hydrogen) atoms. The first-order valence-corrected chi connectivity index (χ1v) is 11.0. The van der Waals surface area contributed by atoms with Crippen molar-refractivity contribution >= 4 is 28.3 Å². The Morgan fingerprint density at radius 1 is 0.909 bits per heavy atom. The van der Waals surface area contributed by atoms with Crippen molar-refractivity contribution in [1.82, 2.24) is 0 Å². The number of fused-ring (bicyclic) bond motifs is 1. The summed E-state index contributed by atoms with van der Waals surface area (Å²) in [6, 6.07) is 22.1. The zero-order valence-corrected chi connectivity index (χ0v) is 19.2. The van der Waals surface area contributed by atoms with Gasteiger partial charge >= 0.3 is 0 Å². The van der Waals surface area contributed by atoms with E-state index in [1.54, 1.807) is 37.3 Å². The molecule has 5 heteroatoms. The van der Waals surface area contributed by atoms with Crippen LogP contribution in [0.4, 0.5) is 5.69 Å². The van der Waals surface area contributed by atoms with Gasteiger partial charge in [0.15, 0.2) is 11.9 Å². The van der Waals surface area contributed by atoms with E-state index in [1.165, 1.54) is 0 Å². The summed E-state index contributed by atoms with van der Waals surface area (Å²) in [7, 11) is 0. The quantitative estimate of drug-likeness (QED) is 0.332. The molecule has 1 N–H and O–H groups in total. The van der Waals surface area contributed by atoms with Crippen LogP contribution in [0.1, 0.15) is 53.9 Å². The monoisotopic (exact) mass is 441 g/mol. The van der Waals surface area contributed by atoms with Crippen molar-refractivity contribution in [2.24, 2.45) is 0 Å². The highest BCUT2D eigenvalue weighted by molar-refractivity contribution is 6.17. The molecular formula is C28H27NO4. The minimum atomic E-state index is -0.780. The highest BCUT2D eigenvalue weighted by Crippen LogP contribution is 2.33. The summed E-state index contributed by atoms with van der Waals surface area (Å²) in [5, 5.41) is 3.55. The van der Waals surface area contributed by atoms with Gasteiger partial charge in [-0.1, -0.05) is 68.4 Å². The Morgan fingerprint density at radius 3 is 2.33 bits per heavy atom. The number of amides is 1. The fourth-order valence-corrected chi connectivity index (χ4v) is 3.74. The van der Waals surface area contributed by atoms with Gasteiger partial charge in [0.25, 0.3) is 5.91 Å². The van der Waals surface area contributed by atoms with E-state index in [-0.39, 0.29) is 23.4 Å². The number of ether oxygens (including phenoxy) is 1.